The normalized spacial score (nSPS) is 11.8. The number of H-pyrrole nitrogens is 1. The summed E-state index contributed by atoms with van der Waals surface area (Å²) in [7, 11) is 0. The van der Waals surface area contributed by atoms with Crippen LogP contribution in [0.1, 0.15) is 12.5 Å². The molecule has 6 heteroatoms. The lowest BCUT2D eigenvalue weighted by Crippen LogP contribution is -2.00. The molecule has 1 heterocycles. The summed E-state index contributed by atoms with van der Waals surface area (Å²) in [5.74, 6) is 0.505. The standard InChI is InChI=1S/C15H14N4O2/c1-9(11-7-6-10(20)8-14(11)21)18-19-15-16-12-4-2-3-5-13(12)17-15/h2-8,20-21H,1H3,(H2,16,17,19)/b18-9+. The van der Waals surface area contributed by atoms with Gasteiger partial charge in [-0.1, -0.05) is 12.1 Å². The lowest BCUT2D eigenvalue weighted by atomic mass is 10.1. The highest BCUT2D eigenvalue weighted by Crippen LogP contribution is 2.23. The van der Waals surface area contributed by atoms with Gasteiger partial charge in [0, 0.05) is 11.6 Å². The maximum Gasteiger partial charge on any atom is 0.222 e. The van der Waals surface area contributed by atoms with Crippen LogP contribution in [-0.4, -0.2) is 25.9 Å². The number of aromatic amines is 1. The fourth-order valence-electron chi connectivity index (χ4n) is 2.03. The molecule has 0 aliphatic carbocycles. The molecule has 0 bridgehead atoms. The lowest BCUT2D eigenvalue weighted by Gasteiger charge is -2.04. The van der Waals surface area contributed by atoms with Crippen molar-refractivity contribution in [3.8, 4) is 11.5 Å². The average molecular weight is 282 g/mol. The zero-order valence-corrected chi connectivity index (χ0v) is 11.3. The van der Waals surface area contributed by atoms with Gasteiger partial charge in [0.1, 0.15) is 11.5 Å². The van der Waals surface area contributed by atoms with E-state index in [4.69, 9.17) is 0 Å². The van der Waals surface area contributed by atoms with Gasteiger partial charge in [-0.2, -0.15) is 5.10 Å². The molecule has 6 nitrogen and oxygen atoms in total. The molecule has 0 fully saturated rings. The van der Waals surface area contributed by atoms with Gasteiger partial charge in [0.25, 0.3) is 0 Å². The van der Waals surface area contributed by atoms with Crippen LogP contribution in [0, 0.1) is 0 Å². The molecule has 0 spiro atoms. The zero-order chi connectivity index (χ0) is 14.8. The van der Waals surface area contributed by atoms with Crippen LogP contribution in [0.3, 0.4) is 0 Å². The van der Waals surface area contributed by atoms with Crippen molar-refractivity contribution in [2.45, 2.75) is 6.92 Å². The van der Waals surface area contributed by atoms with Gasteiger partial charge in [0.2, 0.25) is 5.95 Å². The van der Waals surface area contributed by atoms with Crippen LogP contribution in [-0.2, 0) is 0 Å². The number of benzene rings is 2. The minimum absolute atomic E-state index is 0.00860. The zero-order valence-electron chi connectivity index (χ0n) is 11.3. The van der Waals surface area contributed by atoms with E-state index in [1.807, 2.05) is 24.3 Å². The Bertz CT molecular complexity index is 790. The van der Waals surface area contributed by atoms with E-state index in [2.05, 4.69) is 20.5 Å². The molecular weight excluding hydrogens is 268 g/mol. The molecule has 106 valence electrons. The van der Waals surface area contributed by atoms with Crippen LogP contribution in [0.4, 0.5) is 5.95 Å². The molecule has 3 rings (SSSR count). The Hall–Kier alpha value is -3.02. The summed E-state index contributed by atoms with van der Waals surface area (Å²) < 4.78 is 0. The Kier molecular flexibility index (Phi) is 3.19. The van der Waals surface area contributed by atoms with Gasteiger partial charge in [0.15, 0.2) is 0 Å². The lowest BCUT2D eigenvalue weighted by molar-refractivity contribution is 0.450. The smallest absolute Gasteiger partial charge is 0.222 e. The van der Waals surface area contributed by atoms with Gasteiger partial charge in [-0.3, -0.25) is 0 Å². The molecule has 4 N–H and O–H groups in total. The number of nitrogens with one attached hydrogen (secondary N) is 2. The average Bonchev–Trinajstić information content (AvgIpc) is 2.87. The van der Waals surface area contributed by atoms with Gasteiger partial charge < -0.3 is 15.2 Å². The minimum Gasteiger partial charge on any atom is -0.508 e. The Labute approximate surface area is 120 Å². The monoisotopic (exact) mass is 282 g/mol. The first-order valence-electron chi connectivity index (χ1n) is 6.41. The van der Waals surface area contributed by atoms with Crippen molar-refractivity contribution in [1.29, 1.82) is 0 Å². The van der Waals surface area contributed by atoms with Crippen molar-refractivity contribution in [1.82, 2.24) is 9.97 Å². The summed E-state index contributed by atoms with van der Waals surface area (Å²) in [6.45, 7) is 1.75. The van der Waals surface area contributed by atoms with Gasteiger partial charge in [0.05, 0.1) is 16.7 Å². The van der Waals surface area contributed by atoms with Crippen molar-refractivity contribution >= 4 is 22.7 Å². The number of nitrogens with zero attached hydrogens (tertiary/aromatic N) is 2. The van der Waals surface area contributed by atoms with E-state index in [0.29, 0.717) is 17.2 Å². The third kappa shape index (κ3) is 2.64. The second-order valence-electron chi connectivity index (χ2n) is 4.61. The van der Waals surface area contributed by atoms with Crippen molar-refractivity contribution in [3.05, 3.63) is 48.0 Å². The van der Waals surface area contributed by atoms with E-state index in [9.17, 15) is 10.2 Å². The summed E-state index contributed by atoms with van der Waals surface area (Å²) in [5, 5.41) is 23.2. The number of hydrogen-bond acceptors (Lipinski definition) is 5. The summed E-state index contributed by atoms with van der Waals surface area (Å²) in [5.41, 5.74) is 5.70. The summed E-state index contributed by atoms with van der Waals surface area (Å²) in [4.78, 5) is 7.43. The highest BCUT2D eigenvalue weighted by molar-refractivity contribution is 6.01. The Morgan fingerprint density at radius 3 is 2.76 bits per heavy atom. The largest absolute Gasteiger partial charge is 0.508 e. The number of rotatable bonds is 3. The number of para-hydroxylation sites is 2. The maximum absolute atomic E-state index is 9.78. The van der Waals surface area contributed by atoms with Crippen molar-refractivity contribution in [2.75, 3.05) is 5.43 Å². The molecule has 3 aromatic rings. The van der Waals surface area contributed by atoms with E-state index in [0.717, 1.165) is 11.0 Å². The van der Waals surface area contributed by atoms with E-state index in [1.54, 1.807) is 13.0 Å². The molecule has 2 aromatic carbocycles. The molecule has 0 unspecified atom stereocenters. The highest BCUT2D eigenvalue weighted by Gasteiger charge is 2.06. The van der Waals surface area contributed by atoms with Gasteiger partial charge in [-0.05, 0) is 31.2 Å². The van der Waals surface area contributed by atoms with E-state index >= 15 is 0 Å². The van der Waals surface area contributed by atoms with Gasteiger partial charge in [-0.25, -0.2) is 10.4 Å². The second-order valence-corrected chi connectivity index (χ2v) is 4.61. The van der Waals surface area contributed by atoms with E-state index in [1.165, 1.54) is 12.1 Å². The van der Waals surface area contributed by atoms with Crippen molar-refractivity contribution in [2.24, 2.45) is 5.10 Å². The van der Waals surface area contributed by atoms with Crippen LogP contribution in [0.2, 0.25) is 0 Å². The Morgan fingerprint density at radius 2 is 2.00 bits per heavy atom. The number of phenols is 2. The number of hydrazone groups is 1. The number of fused-ring (bicyclic) bond motifs is 1. The predicted molar refractivity (Wildman–Crippen MR) is 81.7 cm³/mol. The summed E-state index contributed by atoms with van der Waals surface area (Å²) in [6, 6.07) is 12.0. The third-order valence-corrected chi connectivity index (χ3v) is 3.09. The summed E-state index contributed by atoms with van der Waals surface area (Å²) in [6.07, 6.45) is 0. The quantitative estimate of drug-likeness (QED) is 0.439. The van der Waals surface area contributed by atoms with Crippen LogP contribution in [0.25, 0.3) is 11.0 Å². The number of imidazole rings is 1. The van der Waals surface area contributed by atoms with Crippen LogP contribution < -0.4 is 5.43 Å². The minimum atomic E-state index is -0.0253. The summed E-state index contributed by atoms with van der Waals surface area (Å²) >= 11 is 0. The second kappa shape index (κ2) is 5.16. The number of anilines is 1. The van der Waals surface area contributed by atoms with E-state index < -0.39 is 0 Å². The molecule has 0 saturated carbocycles. The molecule has 0 amide bonds. The maximum atomic E-state index is 9.78. The first kappa shape index (κ1) is 13.0. The van der Waals surface area contributed by atoms with Crippen LogP contribution in [0.15, 0.2) is 47.6 Å². The number of aromatic hydroxyl groups is 2. The van der Waals surface area contributed by atoms with Crippen molar-refractivity contribution in [3.63, 3.8) is 0 Å². The molecule has 1 aromatic heterocycles. The van der Waals surface area contributed by atoms with Crippen LogP contribution >= 0.6 is 0 Å². The van der Waals surface area contributed by atoms with Gasteiger partial charge in [-0.15, -0.1) is 0 Å². The third-order valence-electron chi connectivity index (χ3n) is 3.09. The predicted octanol–water partition coefficient (Wildman–Crippen LogP) is 2.81. The molecule has 0 saturated heterocycles. The first-order valence-corrected chi connectivity index (χ1v) is 6.41. The van der Waals surface area contributed by atoms with E-state index in [-0.39, 0.29) is 11.5 Å². The van der Waals surface area contributed by atoms with Gasteiger partial charge >= 0.3 is 0 Å². The Morgan fingerprint density at radius 1 is 1.19 bits per heavy atom. The SMILES string of the molecule is C/C(=N\Nc1nc2ccccc2[nH]1)c1ccc(O)cc1O. The highest BCUT2D eigenvalue weighted by atomic mass is 16.3. The fourth-order valence-corrected chi connectivity index (χ4v) is 2.03. The number of aromatic nitrogens is 2. The molecule has 0 aliphatic heterocycles. The molecular formula is C15H14N4O2. The first-order chi connectivity index (χ1) is 10.1. The number of hydrogen-bond donors (Lipinski definition) is 4. The number of phenolic OH excluding ortho intramolecular Hbond substituents is 2. The fraction of sp³-hybridized carbons (Fsp3) is 0.0667. The molecule has 21 heavy (non-hydrogen) atoms. The van der Waals surface area contributed by atoms with Crippen molar-refractivity contribution < 1.29 is 10.2 Å². The molecule has 0 aliphatic rings. The topological polar surface area (TPSA) is 93.5 Å². The Balaban J connectivity index is 1.84. The molecule has 0 radical (unpaired) electrons. The van der Waals surface area contributed by atoms with Crippen LogP contribution in [0.5, 0.6) is 11.5 Å². The molecule has 0 atom stereocenters.